The van der Waals surface area contributed by atoms with Crippen LogP contribution < -0.4 is 38.9 Å². The van der Waals surface area contributed by atoms with E-state index < -0.39 is 53.8 Å². The van der Waals surface area contributed by atoms with Crippen LogP contribution in [0.5, 0.6) is 0 Å². The predicted molar refractivity (Wildman–Crippen MR) is 152 cm³/mol. The molecule has 16 nitrogen and oxygen atoms in total. The summed E-state index contributed by atoms with van der Waals surface area (Å²) in [6, 6.07) is 3.81. The van der Waals surface area contributed by atoms with Gasteiger partial charge in [-0.1, -0.05) is 30.3 Å². The number of amides is 4. The minimum absolute atomic E-state index is 0.0159. The van der Waals surface area contributed by atoms with Gasteiger partial charge in [0.1, 0.15) is 18.1 Å². The Bertz CT molecular complexity index is 1220. The number of hydrogen-bond acceptors (Lipinski definition) is 8. The molecule has 0 radical (unpaired) electrons. The smallest absolute Gasteiger partial charge is 0.326 e. The van der Waals surface area contributed by atoms with E-state index in [0.29, 0.717) is 17.7 Å². The number of imidazole rings is 1. The summed E-state index contributed by atoms with van der Waals surface area (Å²) in [6.45, 7) is 0.264. The minimum Gasteiger partial charge on any atom is -0.480 e. The van der Waals surface area contributed by atoms with Crippen molar-refractivity contribution in [2.45, 2.75) is 62.7 Å². The zero-order valence-corrected chi connectivity index (χ0v) is 23.0. The van der Waals surface area contributed by atoms with Crippen LogP contribution >= 0.6 is 0 Å². The molecule has 1 aromatic heterocycles. The summed E-state index contributed by atoms with van der Waals surface area (Å²) >= 11 is 0. The summed E-state index contributed by atoms with van der Waals surface area (Å²) in [5.41, 5.74) is 23.0. The van der Waals surface area contributed by atoms with Gasteiger partial charge in [0.15, 0.2) is 5.96 Å². The lowest BCUT2D eigenvalue weighted by atomic mass is 10.0. The summed E-state index contributed by atoms with van der Waals surface area (Å²) < 4.78 is 0. The molecule has 0 aliphatic heterocycles. The van der Waals surface area contributed by atoms with E-state index in [9.17, 15) is 29.1 Å². The highest BCUT2D eigenvalue weighted by Crippen LogP contribution is 2.07. The van der Waals surface area contributed by atoms with E-state index >= 15 is 0 Å². The van der Waals surface area contributed by atoms with E-state index in [1.165, 1.54) is 12.5 Å². The topological polar surface area (TPSA) is 287 Å². The van der Waals surface area contributed by atoms with Gasteiger partial charge in [-0.05, 0) is 24.8 Å². The molecule has 4 unspecified atom stereocenters. The first-order valence-electron chi connectivity index (χ1n) is 13.2. The molecule has 228 valence electrons. The van der Waals surface area contributed by atoms with Crippen molar-refractivity contribution < 1.29 is 29.1 Å². The lowest BCUT2D eigenvalue weighted by Crippen LogP contribution is -2.58. The predicted octanol–water partition coefficient (Wildman–Crippen LogP) is -2.62. The molecule has 0 aliphatic carbocycles. The quantitative estimate of drug-likeness (QED) is 0.0498. The maximum atomic E-state index is 13.4. The molecule has 4 atom stereocenters. The molecule has 16 heteroatoms. The number of aromatic nitrogens is 2. The Hall–Kier alpha value is -4.99. The van der Waals surface area contributed by atoms with Gasteiger partial charge in [0, 0.05) is 37.7 Å². The van der Waals surface area contributed by atoms with Gasteiger partial charge in [-0.25, -0.2) is 9.78 Å². The van der Waals surface area contributed by atoms with E-state index in [2.05, 4.69) is 30.9 Å². The molecule has 0 saturated carbocycles. The summed E-state index contributed by atoms with van der Waals surface area (Å²) in [5.74, 6) is -4.35. The number of rotatable bonds is 18. The summed E-state index contributed by atoms with van der Waals surface area (Å²) in [6.07, 6.45) is 2.96. The molecule has 0 saturated heterocycles. The summed E-state index contributed by atoms with van der Waals surface area (Å²) in [7, 11) is 0. The number of aliphatic imine (C=N–C) groups is 1. The fourth-order valence-corrected chi connectivity index (χ4v) is 3.90. The monoisotopic (exact) mass is 586 g/mol. The number of primary amides is 1. The van der Waals surface area contributed by atoms with Gasteiger partial charge in [0.2, 0.25) is 23.6 Å². The highest BCUT2D eigenvalue weighted by Gasteiger charge is 2.31. The van der Waals surface area contributed by atoms with Crippen molar-refractivity contribution >= 4 is 35.6 Å². The van der Waals surface area contributed by atoms with E-state index in [0.717, 1.165) is 0 Å². The molecule has 1 heterocycles. The van der Waals surface area contributed by atoms with E-state index in [1.54, 1.807) is 30.3 Å². The number of carboxylic acids is 1. The van der Waals surface area contributed by atoms with Crippen molar-refractivity contribution in [1.82, 2.24) is 25.9 Å². The molecule has 2 rings (SSSR count). The van der Waals surface area contributed by atoms with Crippen LogP contribution in [0.15, 0.2) is 47.8 Å². The second kappa shape index (κ2) is 17.0. The first kappa shape index (κ1) is 33.2. The standard InChI is InChI=1S/C26H38N10O6/c27-17(7-4-10-32-26(29)30)22(38)35-19(12-16-13-31-14-33-16)24(40)34-18(8-9-21(28)37)23(39)36-20(25(41)42)11-15-5-2-1-3-6-15/h1-3,5-6,13-14,17-20H,4,7-12,27H2,(H2,28,37)(H,31,33)(H,34,40)(H,35,38)(H,36,39)(H,41,42)(H4,29,30,32). The Morgan fingerprint density at radius 3 is 2.12 bits per heavy atom. The Morgan fingerprint density at radius 2 is 1.52 bits per heavy atom. The Morgan fingerprint density at radius 1 is 0.881 bits per heavy atom. The van der Waals surface area contributed by atoms with E-state index in [-0.39, 0.29) is 44.6 Å². The molecule has 2 aromatic rings. The average molecular weight is 587 g/mol. The number of aromatic amines is 1. The fraction of sp³-hybridized carbons (Fsp3) is 0.423. The number of hydrogen-bond donors (Lipinski definition) is 9. The number of guanidine groups is 1. The van der Waals surface area contributed by atoms with Crippen molar-refractivity contribution in [1.29, 1.82) is 0 Å². The minimum atomic E-state index is -1.34. The number of aliphatic carboxylic acids is 1. The van der Waals surface area contributed by atoms with E-state index in [1.807, 2.05) is 0 Å². The van der Waals surface area contributed by atoms with Crippen molar-refractivity contribution in [3.8, 4) is 0 Å². The van der Waals surface area contributed by atoms with Crippen molar-refractivity contribution in [2.75, 3.05) is 6.54 Å². The number of carboxylic acid groups (broad SMARTS) is 1. The molecule has 0 aliphatic rings. The Labute approximate surface area is 242 Å². The van der Waals surface area contributed by atoms with Gasteiger partial charge in [-0.15, -0.1) is 0 Å². The largest absolute Gasteiger partial charge is 0.480 e. The highest BCUT2D eigenvalue weighted by atomic mass is 16.4. The molecule has 0 spiro atoms. The van der Waals surface area contributed by atoms with E-state index in [4.69, 9.17) is 22.9 Å². The number of carbonyl (C=O) groups is 5. The fourth-order valence-electron chi connectivity index (χ4n) is 3.90. The number of nitrogens with one attached hydrogen (secondary N) is 4. The maximum absolute atomic E-state index is 13.4. The molecule has 1 aromatic carbocycles. The third kappa shape index (κ3) is 12.0. The van der Waals surface area contributed by atoms with Crippen LogP contribution in [0.3, 0.4) is 0 Å². The van der Waals surface area contributed by atoms with Gasteiger partial charge in [0.25, 0.3) is 0 Å². The summed E-state index contributed by atoms with van der Waals surface area (Å²) in [5, 5.41) is 17.2. The number of carbonyl (C=O) groups excluding carboxylic acids is 4. The average Bonchev–Trinajstić information content (AvgIpc) is 3.45. The van der Waals surface area contributed by atoms with Gasteiger partial charge in [0.05, 0.1) is 12.4 Å². The SMILES string of the molecule is NC(=O)CCC(NC(=O)C(Cc1cnc[nH]1)NC(=O)C(N)CCCN=C(N)N)C(=O)NC(Cc1ccccc1)C(=O)O. The van der Waals surface area contributed by atoms with Gasteiger partial charge in [-0.3, -0.25) is 24.2 Å². The zero-order valence-electron chi connectivity index (χ0n) is 23.0. The van der Waals surface area contributed by atoms with Crippen LogP contribution in [0.25, 0.3) is 0 Å². The molecule has 4 amide bonds. The Kier molecular flexibility index (Phi) is 13.4. The van der Waals surface area contributed by atoms with Crippen molar-refractivity contribution in [3.05, 3.63) is 54.1 Å². The second-order valence-electron chi connectivity index (χ2n) is 9.55. The maximum Gasteiger partial charge on any atom is 0.326 e. The Balaban J connectivity index is 2.16. The number of nitrogens with zero attached hydrogens (tertiary/aromatic N) is 2. The molecule has 0 bridgehead atoms. The van der Waals surface area contributed by atoms with Gasteiger partial charge < -0.3 is 49.0 Å². The van der Waals surface area contributed by atoms with Crippen molar-refractivity contribution in [2.24, 2.45) is 27.9 Å². The van der Waals surface area contributed by atoms with Crippen LogP contribution in [0.2, 0.25) is 0 Å². The van der Waals surface area contributed by atoms with Crippen molar-refractivity contribution in [3.63, 3.8) is 0 Å². The zero-order chi connectivity index (χ0) is 31.1. The third-order valence-electron chi connectivity index (χ3n) is 6.13. The molecular formula is C26H38N10O6. The van der Waals surface area contributed by atoms with Crippen LogP contribution in [0.4, 0.5) is 0 Å². The normalized spacial score (nSPS) is 13.5. The lowest BCUT2D eigenvalue weighted by molar-refractivity contribution is -0.142. The lowest BCUT2D eigenvalue weighted by Gasteiger charge is -2.25. The van der Waals surface area contributed by atoms with Gasteiger partial charge in [-0.2, -0.15) is 0 Å². The van der Waals surface area contributed by atoms with Crippen LogP contribution in [-0.4, -0.2) is 81.3 Å². The molecule has 0 fully saturated rings. The second-order valence-corrected chi connectivity index (χ2v) is 9.55. The first-order chi connectivity index (χ1) is 20.0. The number of H-pyrrole nitrogens is 1. The number of nitrogens with two attached hydrogens (primary N) is 4. The van der Waals surface area contributed by atoms with Crippen LogP contribution in [0, 0.1) is 0 Å². The first-order valence-corrected chi connectivity index (χ1v) is 13.2. The number of benzene rings is 1. The van der Waals surface area contributed by atoms with Gasteiger partial charge >= 0.3 is 5.97 Å². The molecule has 42 heavy (non-hydrogen) atoms. The highest BCUT2D eigenvalue weighted by molar-refractivity contribution is 5.94. The van der Waals surface area contributed by atoms with Crippen LogP contribution in [-0.2, 0) is 36.8 Å². The molecular weight excluding hydrogens is 548 g/mol. The third-order valence-corrected chi connectivity index (χ3v) is 6.13. The molecule has 13 N–H and O–H groups in total. The van der Waals surface area contributed by atoms with Crippen LogP contribution in [0.1, 0.15) is 36.9 Å². The summed E-state index contributed by atoms with van der Waals surface area (Å²) in [4.78, 5) is 73.3.